The molecule has 0 radical (unpaired) electrons. The smallest absolute Gasteiger partial charge is 0.181 e. The van der Waals surface area contributed by atoms with Gasteiger partial charge >= 0.3 is 0 Å². The van der Waals surface area contributed by atoms with Crippen LogP contribution in [0.4, 0.5) is 0 Å². The van der Waals surface area contributed by atoms with Crippen molar-refractivity contribution >= 4 is 22.9 Å². The van der Waals surface area contributed by atoms with Crippen LogP contribution >= 0.6 is 11.8 Å². The minimum atomic E-state index is -0.119. The van der Waals surface area contributed by atoms with E-state index >= 15 is 0 Å². The molecule has 0 bridgehead atoms. The lowest BCUT2D eigenvalue weighted by Crippen LogP contribution is -2.33. The average Bonchev–Trinajstić information content (AvgIpc) is 2.86. The molecular formula is C12H16N6S. The Hall–Kier alpha value is -1.65. The Morgan fingerprint density at radius 2 is 2.26 bits per heavy atom. The summed E-state index contributed by atoms with van der Waals surface area (Å²) >= 11 is 1.61. The van der Waals surface area contributed by atoms with Crippen LogP contribution in [-0.4, -0.2) is 37.8 Å². The molecule has 2 rings (SSSR count). The van der Waals surface area contributed by atoms with Gasteiger partial charge in [-0.3, -0.25) is 5.32 Å². The SMILES string of the molecule is CC(C)NC(C#N)CCSc1ncnc2nc[nH]c12. The molecule has 2 aromatic heterocycles. The summed E-state index contributed by atoms with van der Waals surface area (Å²) in [6.07, 6.45) is 3.90. The molecule has 100 valence electrons. The van der Waals surface area contributed by atoms with Crippen molar-refractivity contribution in [3.05, 3.63) is 12.7 Å². The van der Waals surface area contributed by atoms with Gasteiger partial charge in [0.2, 0.25) is 0 Å². The van der Waals surface area contributed by atoms with Gasteiger partial charge in [-0.05, 0) is 20.3 Å². The first-order valence-electron chi connectivity index (χ1n) is 6.13. The summed E-state index contributed by atoms with van der Waals surface area (Å²) in [5.74, 6) is 0.822. The second-order valence-electron chi connectivity index (χ2n) is 4.42. The van der Waals surface area contributed by atoms with Gasteiger partial charge < -0.3 is 4.98 Å². The fourth-order valence-corrected chi connectivity index (χ4v) is 2.68. The van der Waals surface area contributed by atoms with Crippen LogP contribution in [0, 0.1) is 11.3 Å². The molecule has 6 nitrogen and oxygen atoms in total. The molecule has 0 aliphatic heterocycles. The molecule has 19 heavy (non-hydrogen) atoms. The van der Waals surface area contributed by atoms with Crippen LogP contribution in [0.1, 0.15) is 20.3 Å². The zero-order valence-electron chi connectivity index (χ0n) is 10.9. The monoisotopic (exact) mass is 276 g/mol. The van der Waals surface area contributed by atoms with Crippen molar-refractivity contribution in [3.63, 3.8) is 0 Å². The Morgan fingerprint density at radius 3 is 3.00 bits per heavy atom. The number of fused-ring (bicyclic) bond motifs is 1. The first kappa shape index (κ1) is 13.8. The van der Waals surface area contributed by atoms with E-state index in [2.05, 4.69) is 31.3 Å². The summed E-state index contributed by atoms with van der Waals surface area (Å²) in [5, 5.41) is 13.1. The number of nitriles is 1. The molecule has 0 aliphatic carbocycles. The third-order valence-electron chi connectivity index (χ3n) is 2.52. The molecule has 0 amide bonds. The van der Waals surface area contributed by atoms with E-state index < -0.39 is 0 Å². The third kappa shape index (κ3) is 3.66. The number of nitrogens with one attached hydrogen (secondary N) is 2. The van der Waals surface area contributed by atoms with E-state index in [1.165, 1.54) is 6.33 Å². The fourth-order valence-electron chi connectivity index (χ4n) is 1.71. The van der Waals surface area contributed by atoms with Gasteiger partial charge in [0, 0.05) is 11.8 Å². The van der Waals surface area contributed by atoms with Crippen LogP contribution in [0.5, 0.6) is 0 Å². The summed E-state index contributed by atoms with van der Waals surface area (Å²) < 4.78 is 0. The Bertz CT molecular complexity index is 573. The predicted octanol–water partition coefficient (Wildman–Crippen LogP) is 1.73. The van der Waals surface area contributed by atoms with Crippen molar-refractivity contribution in [2.75, 3.05) is 5.75 Å². The van der Waals surface area contributed by atoms with Crippen molar-refractivity contribution < 1.29 is 0 Å². The Kier molecular flexibility index (Phi) is 4.71. The summed E-state index contributed by atoms with van der Waals surface area (Å²) in [6.45, 7) is 4.08. The van der Waals surface area contributed by atoms with E-state index in [-0.39, 0.29) is 6.04 Å². The van der Waals surface area contributed by atoms with Crippen molar-refractivity contribution in [3.8, 4) is 6.07 Å². The van der Waals surface area contributed by atoms with Gasteiger partial charge in [-0.25, -0.2) is 15.0 Å². The molecule has 0 saturated heterocycles. The highest BCUT2D eigenvalue weighted by molar-refractivity contribution is 7.99. The van der Waals surface area contributed by atoms with Crippen LogP contribution in [0.2, 0.25) is 0 Å². The normalized spacial score (nSPS) is 12.7. The highest BCUT2D eigenvalue weighted by atomic mass is 32.2. The topological polar surface area (TPSA) is 90.3 Å². The van der Waals surface area contributed by atoms with E-state index in [1.807, 2.05) is 13.8 Å². The van der Waals surface area contributed by atoms with Gasteiger partial charge in [0.05, 0.1) is 18.4 Å². The van der Waals surface area contributed by atoms with Crippen LogP contribution in [-0.2, 0) is 0 Å². The lowest BCUT2D eigenvalue weighted by atomic mass is 10.2. The molecule has 2 N–H and O–H groups in total. The maximum Gasteiger partial charge on any atom is 0.181 e. The minimum Gasteiger partial charge on any atom is -0.341 e. The number of aromatic nitrogens is 4. The summed E-state index contributed by atoms with van der Waals surface area (Å²) in [7, 11) is 0. The summed E-state index contributed by atoms with van der Waals surface area (Å²) in [5.41, 5.74) is 1.53. The van der Waals surface area contributed by atoms with Gasteiger partial charge in [0.1, 0.15) is 16.9 Å². The number of hydrogen-bond acceptors (Lipinski definition) is 6. The molecule has 0 spiro atoms. The maximum atomic E-state index is 9.05. The number of rotatable bonds is 6. The molecule has 1 unspecified atom stereocenters. The largest absolute Gasteiger partial charge is 0.341 e. The molecule has 1 atom stereocenters. The predicted molar refractivity (Wildman–Crippen MR) is 74.7 cm³/mol. The fraction of sp³-hybridized carbons (Fsp3) is 0.500. The number of hydrogen-bond donors (Lipinski definition) is 2. The molecule has 2 heterocycles. The number of thioether (sulfide) groups is 1. The number of aromatic amines is 1. The highest BCUT2D eigenvalue weighted by Gasteiger charge is 2.10. The Balaban J connectivity index is 1.92. The standard InChI is InChI=1S/C12H16N6S/c1-8(2)18-9(5-13)3-4-19-12-10-11(15-6-14-10)16-7-17-12/h6-9,18H,3-4H2,1-2H3,(H,14,15,16,17). The van der Waals surface area contributed by atoms with E-state index in [0.29, 0.717) is 11.7 Å². The van der Waals surface area contributed by atoms with Gasteiger partial charge in [-0.15, -0.1) is 11.8 Å². The highest BCUT2D eigenvalue weighted by Crippen LogP contribution is 2.22. The lowest BCUT2D eigenvalue weighted by Gasteiger charge is -2.13. The van der Waals surface area contributed by atoms with Crippen molar-refractivity contribution in [1.82, 2.24) is 25.3 Å². The van der Waals surface area contributed by atoms with Gasteiger partial charge in [0.25, 0.3) is 0 Å². The van der Waals surface area contributed by atoms with Gasteiger partial charge in [0.15, 0.2) is 5.65 Å². The molecule has 0 saturated carbocycles. The van der Waals surface area contributed by atoms with E-state index in [9.17, 15) is 0 Å². The Labute approximate surface area is 116 Å². The van der Waals surface area contributed by atoms with Crippen LogP contribution in [0.3, 0.4) is 0 Å². The zero-order valence-corrected chi connectivity index (χ0v) is 11.7. The summed E-state index contributed by atoms with van der Waals surface area (Å²) in [6, 6.07) is 2.47. The summed E-state index contributed by atoms with van der Waals surface area (Å²) in [4.78, 5) is 15.4. The molecular weight excluding hydrogens is 260 g/mol. The third-order valence-corrected chi connectivity index (χ3v) is 3.55. The maximum absolute atomic E-state index is 9.05. The molecule has 0 fully saturated rings. The molecule has 0 aliphatic rings. The van der Waals surface area contributed by atoms with Crippen molar-refractivity contribution in [2.45, 2.75) is 37.4 Å². The number of nitrogens with zero attached hydrogens (tertiary/aromatic N) is 4. The minimum absolute atomic E-state index is 0.119. The molecule has 0 aromatic carbocycles. The first-order chi connectivity index (χ1) is 9.20. The molecule has 2 aromatic rings. The van der Waals surface area contributed by atoms with Crippen LogP contribution < -0.4 is 5.32 Å². The van der Waals surface area contributed by atoms with Crippen LogP contribution in [0.15, 0.2) is 17.7 Å². The van der Waals surface area contributed by atoms with Crippen molar-refractivity contribution in [2.24, 2.45) is 0 Å². The second-order valence-corrected chi connectivity index (χ2v) is 5.50. The van der Waals surface area contributed by atoms with E-state index in [1.54, 1.807) is 18.1 Å². The first-order valence-corrected chi connectivity index (χ1v) is 7.12. The van der Waals surface area contributed by atoms with Crippen LogP contribution in [0.25, 0.3) is 11.2 Å². The second kappa shape index (κ2) is 6.50. The van der Waals surface area contributed by atoms with Gasteiger partial charge in [-0.1, -0.05) is 0 Å². The Morgan fingerprint density at radius 1 is 1.42 bits per heavy atom. The van der Waals surface area contributed by atoms with Gasteiger partial charge in [-0.2, -0.15) is 5.26 Å². The number of H-pyrrole nitrogens is 1. The van der Waals surface area contributed by atoms with E-state index in [0.717, 1.165) is 22.7 Å². The zero-order chi connectivity index (χ0) is 13.7. The molecule has 7 heteroatoms. The quantitative estimate of drug-likeness (QED) is 0.617. The lowest BCUT2D eigenvalue weighted by molar-refractivity contribution is 0.522. The average molecular weight is 276 g/mol. The van der Waals surface area contributed by atoms with E-state index in [4.69, 9.17) is 5.26 Å². The van der Waals surface area contributed by atoms with Crippen molar-refractivity contribution in [1.29, 1.82) is 5.26 Å². The number of imidazole rings is 1.